The first-order valence-electron chi connectivity index (χ1n) is 6.83. The van der Waals surface area contributed by atoms with Crippen LogP contribution in [-0.2, 0) is 0 Å². The molecule has 0 saturated carbocycles. The number of rotatable bonds is 3. The Balaban J connectivity index is 2.17. The second-order valence-corrected chi connectivity index (χ2v) is 5.82. The minimum Gasteiger partial charge on any atom is -0.397 e. The normalized spacial score (nSPS) is 19.7. The molecule has 1 saturated heterocycles. The summed E-state index contributed by atoms with van der Waals surface area (Å²) in [5.41, 5.74) is 7.18. The number of hydrogen-bond acceptors (Lipinski definition) is 3. The van der Waals surface area contributed by atoms with Crippen molar-refractivity contribution < 1.29 is 4.79 Å². The Hall–Kier alpha value is -1.49. The van der Waals surface area contributed by atoms with E-state index in [1.165, 1.54) is 0 Å². The molecule has 2 heterocycles. The van der Waals surface area contributed by atoms with E-state index in [2.05, 4.69) is 32.8 Å². The van der Waals surface area contributed by atoms with Gasteiger partial charge in [0.25, 0.3) is 5.91 Å². The number of likely N-dealkylation sites (N-methyl/N-ethyl adjacent to an activating group) is 1. The summed E-state index contributed by atoms with van der Waals surface area (Å²) < 4.78 is 1.96. The summed E-state index contributed by atoms with van der Waals surface area (Å²) in [5, 5.41) is 0. The molecule has 0 bridgehead atoms. The Morgan fingerprint density at radius 3 is 2.68 bits per heavy atom. The molecule has 0 aromatic carbocycles. The topological polar surface area (TPSA) is 54.5 Å². The predicted molar refractivity (Wildman–Crippen MR) is 77.2 cm³/mol. The molecular weight excluding hydrogens is 240 g/mol. The molecular formula is C14H24N4O. The standard InChI is InChI=1S/C14H24N4O/c1-10(2)18-8-11(15)7-13(18)14(19)17-6-5-12(9-17)16(3)4/h7-8,10,12H,5-6,9,15H2,1-4H3. The van der Waals surface area contributed by atoms with E-state index in [0.29, 0.717) is 17.4 Å². The van der Waals surface area contributed by atoms with Crippen LogP contribution in [0.15, 0.2) is 12.3 Å². The van der Waals surface area contributed by atoms with Crippen LogP contribution in [0.2, 0.25) is 0 Å². The number of nitrogens with zero attached hydrogens (tertiary/aromatic N) is 3. The van der Waals surface area contributed by atoms with E-state index < -0.39 is 0 Å². The number of amides is 1. The van der Waals surface area contributed by atoms with E-state index in [0.717, 1.165) is 19.5 Å². The van der Waals surface area contributed by atoms with E-state index in [9.17, 15) is 4.79 Å². The first-order chi connectivity index (χ1) is 8.90. The molecule has 1 amide bonds. The van der Waals surface area contributed by atoms with Crippen molar-refractivity contribution in [1.29, 1.82) is 0 Å². The number of aromatic nitrogens is 1. The number of likely N-dealkylation sites (tertiary alicyclic amines) is 1. The molecule has 1 aromatic rings. The monoisotopic (exact) mass is 264 g/mol. The summed E-state index contributed by atoms with van der Waals surface area (Å²) in [6.45, 7) is 5.74. The van der Waals surface area contributed by atoms with Gasteiger partial charge in [-0.3, -0.25) is 4.79 Å². The second-order valence-electron chi connectivity index (χ2n) is 5.82. The van der Waals surface area contributed by atoms with Crippen molar-refractivity contribution in [2.24, 2.45) is 0 Å². The van der Waals surface area contributed by atoms with Gasteiger partial charge in [-0.1, -0.05) is 0 Å². The highest BCUT2D eigenvalue weighted by Gasteiger charge is 2.29. The van der Waals surface area contributed by atoms with Gasteiger partial charge in [-0.25, -0.2) is 0 Å². The summed E-state index contributed by atoms with van der Waals surface area (Å²) in [6, 6.07) is 2.48. The minimum atomic E-state index is 0.0924. The number of carbonyl (C=O) groups excluding carboxylic acids is 1. The maximum Gasteiger partial charge on any atom is 0.270 e. The highest BCUT2D eigenvalue weighted by Crippen LogP contribution is 2.21. The van der Waals surface area contributed by atoms with Crippen LogP contribution in [0.4, 0.5) is 5.69 Å². The van der Waals surface area contributed by atoms with Crippen LogP contribution in [-0.4, -0.2) is 53.5 Å². The molecule has 1 unspecified atom stereocenters. The number of nitrogen functional groups attached to an aromatic ring is 1. The molecule has 2 rings (SSSR count). The number of hydrogen-bond donors (Lipinski definition) is 1. The molecule has 106 valence electrons. The van der Waals surface area contributed by atoms with E-state index in [-0.39, 0.29) is 11.9 Å². The molecule has 0 spiro atoms. The van der Waals surface area contributed by atoms with Crippen LogP contribution in [0.25, 0.3) is 0 Å². The van der Waals surface area contributed by atoms with Gasteiger partial charge in [0.2, 0.25) is 0 Å². The van der Waals surface area contributed by atoms with Gasteiger partial charge < -0.3 is 20.1 Å². The van der Waals surface area contributed by atoms with Gasteiger partial charge in [0.05, 0.1) is 5.69 Å². The molecule has 5 nitrogen and oxygen atoms in total. The van der Waals surface area contributed by atoms with Gasteiger partial charge in [-0.15, -0.1) is 0 Å². The largest absolute Gasteiger partial charge is 0.397 e. The van der Waals surface area contributed by atoms with Gasteiger partial charge >= 0.3 is 0 Å². The molecule has 5 heteroatoms. The summed E-state index contributed by atoms with van der Waals surface area (Å²) in [4.78, 5) is 16.7. The fourth-order valence-corrected chi connectivity index (χ4v) is 2.61. The molecule has 1 fully saturated rings. The van der Waals surface area contributed by atoms with Crippen LogP contribution < -0.4 is 5.73 Å². The zero-order chi connectivity index (χ0) is 14.2. The first-order valence-corrected chi connectivity index (χ1v) is 6.83. The number of anilines is 1. The summed E-state index contributed by atoms with van der Waals surface area (Å²) in [7, 11) is 4.13. The van der Waals surface area contributed by atoms with Crippen molar-refractivity contribution in [2.75, 3.05) is 32.9 Å². The van der Waals surface area contributed by atoms with Crippen molar-refractivity contribution in [3.05, 3.63) is 18.0 Å². The predicted octanol–water partition coefficient (Wildman–Crippen LogP) is 1.43. The summed E-state index contributed by atoms with van der Waals surface area (Å²) in [5.74, 6) is 0.0924. The van der Waals surface area contributed by atoms with Crippen LogP contribution >= 0.6 is 0 Å². The SMILES string of the molecule is CC(C)n1cc(N)cc1C(=O)N1CCC(N(C)C)C1. The quantitative estimate of drug-likeness (QED) is 0.898. The highest BCUT2D eigenvalue weighted by molar-refractivity contribution is 5.94. The zero-order valence-corrected chi connectivity index (χ0v) is 12.3. The zero-order valence-electron chi connectivity index (χ0n) is 12.3. The van der Waals surface area contributed by atoms with Crippen molar-refractivity contribution in [3.63, 3.8) is 0 Å². The number of nitrogens with two attached hydrogens (primary N) is 1. The minimum absolute atomic E-state index is 0.0924. The van der Waals surface area contributed by atoms with Crippen LogP contribution in [0.5, 0.6) is 0 Å². The Morgan fingerprint density at radius 1 is 1.47 bits per heavy atom. The lowest BCUT2D eigenvalue weighted by molar-refractivity contribution is 0.0770. The average molecular weight is 264 g/mol. The highest BCUT2D eigenvalue weighted by atomic mass is 16.2. The molecule has 1 aliphatic heterocycles. The lowest BCUT2D eigenvalue weighted by atomic mass is 10.2. The van der Waals surface area contributed by atoms with Gasteiger partial charge in [-0.05, 0) is 40.4 Å². The maximum absolute atomic E-state index is 12.6. The third-order valence-corrected chi connectivity index (χ3v) is 3.83. The summed E-state index contributed by atoms with van der Waals surface area (Å²) >= 11 is 0. The molecule has 2 N–H and O–H groups in total. The van der Waals surface area contributed by atoms with Crippen LogP contribution in [0, 0.1) is 0 Å². The lowest BCUT2D eigenvalue weighted by Gasteiger charge is -2.21. The first kappa shape index (κ1) is 13.9. The van der Waals surface area contributed by atoms with E-state index in [4.69, 9.17) is 5.73 Å². The van der Waals surface area contributed by atoms with Gasteiger partial charge in [0.15, 0.2) is 0 Å². The third kappa shape index (κ3) is 2.76. The fraction of sp³-hybridized carbons (Fsp3) is 0.643. The van der Waals surface area contributed by atoms with Gasteiger partial charge in [0, 0.05) is 31.4 Å². The average Bonchev–Trinajstić information content (AvgIpc) is 2.94. The molecule has 0 aliphatic carbocycles. The van der Waals surface area contributed by atoms with E-state index in [1.807, 2.05) is 15.7 Å². The van der Waals surface area contributed by atoms with Crippen molar-refractivity contribution in [2.45, 2.75) is 32.4 Å². The number of carbonyl (C=O) groups is 1. The van der Waals surface area contributed by atoms with E-state index >= 15 is 0 Å². The van der Waals surface area contributed by atoms with Crippen molar-refractivity contribution >= 4 is 11.6 Å². The summed E-state index contributed by atoms with van der Waals surface area (Å²) in [6.07, 6.45) is 2.88. The molecule has 1 aliphatic rings. The third-order valence-electron chi connectivity index (χ3n) is 3.83. The molecule has 1 atom stereocenters. The van der Waals surface area contributed by atoms with Gasteiger partial charge in [-0.2, -0.15) is 0 Å². The van der Waals surface area contributed by atoms with Gasteiger partial charge in [0.1, 0.15) is 5.69 Å². The van der Waals surface area contributed by atoms with Crippen LogP contribution in [0.3, 0.4) is 0 Å². The Labute approximate surface area is 115 Å². The Bertz CT molecular complexity index is 464. The Morgan fingerprint density at radius 2 is 2.16 bits per heavy atom. The Kier molecular flexibility index (Phi) is 3.85. The van der Waals surface area contributed by atoms with E-state index in [1.54, 1.807) is 6.07 Å². The lowest BCUT2D eigenvalue weighted by Crippen LogP contribution is -2.35. The maximum atomic E-state index is 12.6. The van der Waals surface area contributed by atoms with Crippen molar-refractivity contribution in [1.82, 2.24) is 14.4 Å². The molecule has 1 aromatic heterocycles. The van der Waals surface area contributed by atoms with Crippen LogP contribution in [0.1, 0.15) is 36.8 Å². The molecule has 0 radical (unpaired) electrons. The second kappa shape index (κ2) is 5.25. The van der Waals surface area contributed by atoms with Crippen molar-refractivity contribution in [3.8, 4) is 0 Å². The molecule has 19 heavy (non-hydrogen) atoms. The smallest absolute Gasteiger partial charge is 0.270 e. The fourth-order valence-electron chi connectivity index (χ4n) is 2.61.